The molecule has 19 heavy (non-hydrogen) atoms. The Balaban J connectivity index is 2.29. The van der Waals surface area contributed by atoms with Crippen molar-refractivity contribution in [1.82, 2.24) is 4.57 Å². The van der Waals surface area contributed by atoms with E-state index in [2.05, 4.69) is 4.74 Å². The van der Waals surface area contributed by atoms with Gasteiger partial charge in [-0.2, -0.15) is 0 Å². The Bertz CT molecular complexity index is 675. The zero-order valence-corrected chi connectivity index (χ0v) is 11.4. The summed E-state index contributed by atoms with van der Waals surface area (Å²) < 4.78 is 11.1. The van der Waals surface area contributed by atoms with Crippen LogP contribution in [0, 0.1) is 0 Å². The fraction of sp³-hybridized carbons (Fsp3) is 0.167. The van der Waals surface area contributed by atoms with Crippen LogP contribution in [0.5, 0.6) is 0 Å². The third kappa shape index (κ3) is 3.00. The van der Waals surface area contributed by atoms with Gasteiger partial charge in [-0.25, -0.2) is 4.79 Å². The molecule has 0 saturated heterocycles. The first-order valence-corrected chi connectivity index (χ1v) is 5.99. The van der Waals surface area contributed by atoms with Crippen LogP contribution in [0.15, 0.2) is 33.6 Å². The van der Waals surface area contributed by atoms with Crippen LogP contribution in [0.4, 0.5) is 0 Å². The number of aromatic nitrogens is 1. The van der Waals surface area contributed by atoms with Gasteiger partial charge >= 0.3 is 5.97 Å². The molecule has 0 spiro atoms. The Hall–Kier alpha value is -1.72. The second kappa shape index (κ2) is 5.50. The van der Waals surface area contributed by atoms with Gasteiger partial charge in [0.2, 0.25) is 5.76 Å². The van der Waals surface area contributed by atoms with Gasteiger partial charge in [-0.05, 0) is 18.2 Å². The van der Waals surface area contributed by atoms with E-state index in [0.29, 0.717) is 10.8 Å². The number of rotatable bonds is 3. The van der Waals surface area contributed by atoms with Crippen molar-refractivity contribution in [2.45, 2.75) is 6.54 Å². The number of halogens is 2. The summed E-state index contributed by atoms with van der Waals surface area (Å²) in [4.78, 5) is 23.0. The maximum Gasteiger partial charge on any atom is 0.373 e. The Kier molecular flexibility index (Phi) is 3.97. The van der Waals surface area contributed by atoms with Gasteiger partial charge in [0.05, 0.1) is 18.7 Å². The summed E-state index contributed by atoms with van der Waals surface area (Å²) in [6.45, 7) is 0.121. The summed E-state index contributed by atoms with van der Waals surface area (Å²) in [5.74, 6) is -0.0952. The van der Waals surface area contributed by atoms with Crippen LogP contribution in [-0.4, -0.2) is 17.6 Å². The number of hydrogen-bond donors (Lipinski definition) is 0. The van der Waals surface area contributed by atoms with Gasteiger partial charge in [0.25, 0.3) is 5.56 Å². The van der Waals surface area contributed by atoms with Crippen LogP contribution in [-0.2, 0) is 11.3 Å². The topological polar surface area (TPSA) is 61.4 Å². The Labute approximate surface area is 118 Å². The molecule has 0 N–H and O–H groups in total. The molecule has 0 aliphatic rings. The first-order valence-electron chi connectivity index (χ1n) is 5.24. The summed E-state index contributed by atoms with van der Waals surface area (Å²) in [6, 6.07) is 4.41. The fourth-order valence-electron chi connectivity index (χ4n) is 1.52. The zero-order chi connectivity index (χ0) is 14.0. The number of carbonyl (C=O) groups is 1. The third-order valence-corrected chi connectivity index (χ3v) is 2.86. The highest BCUT2D eigenvalue weighted by atomic mass is 35.5. The molecule has 2 aromatic rings. The number of esters is 1. The standard InChI is InChI=1S/C12H9Cl2NO4/c1-18-12(17)10-3-2-8(19-10)6-15-5-7(13)4-9(14)11(15)16/h2-5H,6H2,1H3. The van der Waals surface area contributed by atoms with E-state index in [-0.39, 0.29) is 22.9 Å². The van der Waals surface area contributed by atoms with E-state index in [4.69, 9.17) is 27.6 Å². The van der Waals surface area contributed by atoms with E-state index in [1.165, 1.54) is 30.0 Å². The zero-order valence-electron chi connectivity index (χ0n) is 9.85. The molecule has 0 atom stereocenters. The lowest BCUT2D eigenvalue weighted by molar-refractivity contribution is 0.0563. The minimum Gasteiger partial charge on any atom is -0.463 e. The molecule has 0 radical (unpaired) electrons. The molecule has 0 aliphatic carbocycles. The second-order valence-electron chi connectivity index (χ2n) is 3.70. The van der Waals surface area contributed by atoms with Gasteiger partial charge in [-0.15, -0.1) is 0 Å². The SMILES string of the molecule is COC(=O)c1ccc(Cn2cc(Cl)cc(Cl)c2=O)o1. The molecule has 0 fully saturated rings. The molecule has 2 aromatic heterocycles. The number of hydrogen-bond acceptors (Lipinski definition) is 4. The van der Waals surface area contributed by atoms with Crippen molar-refractivity contribution in [1.29, 1.82) is 0 Å². The van der Waals surface area contributed by atoms with Gasteiger partial charge in [0, 0.05) is 6.20 Å². The maximum absolute atomic E-state index is 11.8. The molecule has 0 aliphatic heterocycles. The van der Waals surface area contributed by atoms with Crippen molar-refractivity contribution in [2.75, 3.05) is 7.11 Å². The normalized spacial score (nSPS) is 10.5. The number of nitrogens with zero attached hydrogens (tertiary/aromatic N) is 1. The molecule has 5 nitrogen and oxygen atoms in total. The number of carbonyl (C=O) groups excluding carboxylic acids is 1. The largest absolute Gasteiger partial charge is 0.463 e. The number of pyridine rings is 1. The van der Waals surface area contributed by atoms with Gasteiger partial charge in [-0.3, -0.25) is 4.79 Å². The highest BCUT2D eigenvalue weighted by Gasteiger charge is 2.12. The van der Waals surface area contributed by atoms with Crippen molar-refractivity contribution >= 4 is 29.2 Å². The van der Waals surface area contributed by atoms with Crippen LogP contribution in [0.25, 0.3) is 0 Å². The molecule has 0 aromatic carbocycles. The molecule has 100 valence electrons. The Morgan fingerprint density at radius 1 is 1.42 bits per heavy atom. The molecule has 0 bridgehead atoms. The van der Waals surface area contributed by atoms with Gasteiger partial charge in [0.15, 0.2) is 0 Å². The lowest BCUT2D eigenvalue weighted by Crippen LogP contribution is -2.20. The van der Waals surface area contributed by atoms with Crippen molar-refractivity contribution < 1.29 is 13.9 Å². The summed E-state index contributed by atoms with van der Waals surface area (Å²) in [6.07, 6.45) is 1.44. The number of furan rings is 1. The Morgan fingerprint density at radius 3 is 2.84 bits per heavy atom. The van der Waals surface area contributed by atoms with Crippen LogP contribution in [0.1, 0.15) is 16.3 Å². The lowest BCUT2D eigenvalue weighted by atomic mass is 10.4. The minimum atomic E-state index is -0.581. The predicted octanol–water partition coefficient (Wildman–Crippen LogP) is 2.58. The first kappa shape index (κ1) is 13.7. The molecule has 0 unspecified atom stereocenters. The Morgan fingerprint density at radius 2 is 2.16 bits per heavy atom. The van der Waals surface area contributed by atoms with E-state index < -0.39 is 5.97 Å². The molecular formula is C12H9Cl2NO4. The summed E-state index contributed by atoms with van der Waals surface area (Å²) in [7, 11) is 1.26. The van der Waals surface area contributed by atoms with Crippen LogP contribution >= 0.6 is 23.2 Å². The van der Waals surface area contributed by atoms with Gasteiger partial charge < -0.3 is 13.7 Å². The second-order valence-corrected chi connectivity index (χ2v) is 4.54. The van der Waals surface area contributed by atoms with E-state index in [1.54, 1.807) is 6.07 Å². The van der Waals surface area contributed by atoms with Crippen molar-refractivity contribution in [3.05, 3.63) is 56.3 Å². The van der Waals surface area contributed by atoms with E-state index in [0.717, 1.165) is 0 Å². The molecular weight excluding hydrogens is 293 g/mol. The van der Waals surface area contributed by atoms with E-state index in [9.17, 15) is 9.59 Å². The highest BCUT2D eigenvalue weighted by Crippen LogP contribution is 2.14. The average Bonchev–Trinajstić information content (AvgIpc) is 2.83. The third-order valence-electron chi connectivity index (χ3n) is 2.38. The van der Waals surface area contributed by atoms with Crippen LogP contribution < -0.4 is 5.56 Å². The molecule has 2 heterocycles. The molecule has 2 rings (SSSR count). The summed E-state index contributed by atoms with van der Waals surface area (Å²) >= 11 is 11.6. The number of ether oxygens (including phenoxy) is 1. The lowest BCUT2D eigenvalue weighted by Gasteiger charge is -2.04. The molecule has 0 amide bonds. The predicted molar refractivity (Wildman–Crippen MR) is 69.9 cm³/mol. The summed E-state index contributed by atoms with van der Waals surface area (Å²) in [5.41, 5.74) is -0.387. The fourth-order valence-corrected chi connectivity index (χ4v) is 2.03. The van der Waals surface area contributed by atoms with Crippen molar-refractivity contribution in [3.8, 4) is 0 Å². The summed E-state index contributed by atoms with van der Waals surface area (Å²) in [5, 5.41) is 0.358. The maximum atomic E-state index is 11.8. The first-order chi connectivity index (χ1) is 9.01. The van der Waals surface area contributed by atoms with Crippen LogP contribution in [0.2, 0.25) is 10.0 Å². The van der Waals surface area contributed by atoms with Crippen LogP contribution in [0.3, 0.4) is 0 Å². The minimum absolute atomic E-state index is 0.0206. The highest BCUT2D eigenvalue weighted by molar-refractivity contribution is 6.34. The van der Waals surface area contributed by atoms with Gasteiger partial charge in [-0.1, -0.05) is 23.2 Å². The smallest absolute Gasteiger partial charge is 0.373 e. The van der Waals surface area contributed by atoms with Gasteiger partial charge in [0.1, 0.15) is 10.8 Å². The van der Waals surface area contributed by atoms with E-state index in [1.807, 2.05) is 0 Å². The van der Waals surface area contributed by atoms with E-state index >= 15 is 0 Å². The van der Waals surface area contributed by atoms with Crippen molar-refractivity contribution in [2.24, 2.45) is 0 Å². The molecule has 0 saturated carbocycles. The number of methoxy groups -OCH3 is 1. The molecule has 7 heteroatoms. The van der Waals surface area contributed by atoms with Crippen molar-refractivity contribution in [3.63, 3.8) is 0 Å². The monoisotopic (exact) mass is 301 g/mol. The quantitative estimate of drug-likeness (QED) is 0.818. The average molecular weight is 302 g/mol.